The molecule has 0 aromatic heterocycles. The Hall–Kier alpha value is -3.36. The van der Waals surface area contributed by atoms with Crippen molar-refractivity contribution in [3.63, 3.8) is 0 Å². The number of ketones is 1. The zero-order valence-electron chi connectivity index (χ0n) is 16.6. The van der Waals surface area contributed by atoms with Crippen molar-refractivity contribution in [3.8, 4) is 0 Å². The summed E-state index contributed by atoms with van der Waals surface area (Å²) in [6.45, 7) is 4.40. The number of aliphatic imine (C=N–C) groups is 1. The highest BCUT2D eigenvalue weighted by molar-refractivity contribution is 6.07. The Morgan fingerprint density at radius 1 is 1.21 bits per heavy atom. The second kappa shape index (κ2) is 9.22. The molecule has 0 radical (unpaired) electrons. The Bertz CT molecular complexity index is 917. The third kappa shape index (κ3) is 4.74. The number of benzene rings is 1. The number of nitro benzene ring substituents is 1. The average Bonchev–Trinajstić information content (AvgIpc) is 2.66. The molecule has 0 bridgehead atoms. The maximum atomic E-state index is 12.8. The van der Waals surface area contributed by atoms with E-state index in [0.29, 0.717) is 11.4 Å². The minimum absolute atomic E-state index is 0.0313. The first kappa shape index (κ1) is 21.9. The van der Waals surface area contributed by atoms with Crippen molar-refractivity contribution >= 4 is 29.1 Å². The van der Waals surface area contributed by atoms with E-state index in [0.717, 1.165) is 0 Å². The first-order chi connectivity index (χ1) is 13.7. The molecule has 0 spiro atoms. The van der Waals surface area contributed by atoms with Crippen molar-refractivity contribution in [2.75, 3.05) is 13.7 Å². The highest BCUT2D eigenvalue weighted by atomic mass is 16.6. The predicted molar refractivity (Wildman–Crippen MR) is 103 cm³/mol. The smallest absolute Gasteiger partial charge is 0.336 e. The molecule has 1 aliphatic heterocycles. The second-order valence-corrected chi connectivity index (χ2v) is 6.63. The van der Waals surface area contributed by atoms with E-state index in [2.05, 4.69) is 4.99 Å². The molecule has 2 unspecified atom stereocenters. The third-order valence-electron chi connectivity index (χ3n) is 4.66. The van der Waals surface area contributed by atoms with Gasteiger partial charge >= 0.3 is 11.9 Å². The molecular weight excluding hydrogens is 380 g/mol. The summed E-state index contributed by atoms with van der Waals surface area (Å²) in [4.78, 5) is 51.8. The number of rotatable bonds is 7. The van der Waals surface area contributed by atoms with Crippen molar-refractivity contribution in [1.82, 2.24) is 0 Å². The van der Waals surface area contributed by atoms with Crippen LogP contribution in [0, 0.1) is 16.0 Å². The topological polar surface area (TPSA) is 125 Å². The predicted octanol–water partition coefficient (Wildman–Crippen LogP) is 2.74. The molecule has 1 aromatic carbocycles. The first-order valence-corrected chi connectivity index (χ1v) is 8.92. The van der Waals surface area contributed by atoms with Gasteiger partial charge in [-0.05, 0) is 20.8 Å². The normalized spacial score (nSPS) is 18.7. The van der Waals surface area contributed by atoms with E-state index in [1.165, 1.54) is 32.2 Å². The molecule has 0 saturated heterocycles. The molecule has 154 valence electrons. The highest BCUT2D eigenvalue weighted by Crippen LogP contribution is 2.43. The van der Waals surface area contributed by atoms with E-state index in [9.17, 15) is 24.5 Å². The van der Waals surface area contributed by atoms with Crippen LogP contribution >= 0.6 is 0 Å². The number of Topliss-reactive ketones (excluding diaryl/α,β-unsaturated/α-hetero) is 1. The SMILES string of the molecule is COC(=O)C1C(C)=NC(C)=C(C(=O)OCCC(C)=O)C1c1ccccc1[N+](=O)[O-]. The van der Waals surface area contributed by atoms with Gasteiger partial charge in [0.25, 0.3) is 5.69 Å². The fourth-order valence-corrected chi connectivity index (χ4v) is 3.35. The van der Waals surface area contributed by atoms with Crippen LogP contribution in [0.5, 0.6) is 0 Å². The van der Waals surface area contributed by atoms with E-state index in [-0.39, 0.29) is 35.6 Å². The standard InChI is InChI=1S/C20H22N2O7/c1-11(23)9-10-29-20(25)17-13(3)21-12(2)16(19(24)28-4)18(17)14-7-5-6-8-15(14)22(26)27/h5-8,16,18H,9-10H2,1-4H3. The van der Waals surface area contributed by atoms with Crippen LogP contribution in [-0.2, 0) is 23.9 Å². The number of para-hydroxylation sites is 1. The van der Waals surface area contributed by atoms with Crippen LogP contribution in [0.4, 0.5) is 5.69 Å². The van der Waals surface area contributed by atoms with Gasteiger partial charge in [0.05, 0.1) is 24.2 Å². The lowest BCUT2D eigenvalue weighted by Crippen LogP contribution is -2.36. The molecule has 0 saturated carbocycles. The lowest BCUT2D eigenvalue weighted by Gasteiger charge is -2.31. The van der Waals surface area contributed by atoms with Gasteiger partial charge in [0.1, 0.15) is 11.7 Å². The summed E-state index contributed by atoms with van der Waals surface area (Å²) < 4.78 is 10.1. The van der Waals surface area contributed by atoms with E-state index < -0.39 is 28.7 Å². The van der Waals surface area contributed by atoms with Gasteiger partial charge in [0.2, 0.25) is 0 Å². The maximum Gasteiger partial charge on any atom is 0.336 e. The summed E-state index contributed by atoms with van der Waals surface area (Å²) in [5.74, 6) is -3.64. The summed E-state index contributed by atoms with van der Waals surface area (Å²) in [7, 11) is 1.20. The summed E-state index contributed by atoms with van der Waals surface area (Å²) in [5.41, 5.74) is 0.642. The van der Waals surface area contributed by atoms with E-state index in [1.54, 1.807) is 19.9 Å². The molecule has 2 rings (SSSR count). The molecule has 9 heteroatoms. The van der Waals surface area contributed by atoms with Crippen LogP contribution < -0.4 is 0 Å². The Kier molecular flexibility index (Phi) is 6.98. The molecule has 2 atom stereocenters. The van der Waals surface area contributed by atoms with Crippen molar-refractivity contribution in [3.05, 3.63) is 51.2 Å². The minimum Gasteiger partial charge on any atom is -0.468 e. The molecule has 29 heavy (non-hydrogen) atoms. The summed E-state index contributed by atoms with van der Waals surface area (Å²) in [5, 5.41) is 11.6. The number of carbonyl (C=O) groups is 3. The van der Waals surface area contributed by atoms with Gasteiger partial charge in [-0.2, -0.15) is 0 Å². The van der Waals surface area contributed by atoms with Crippen LogP contribution in [0.1, 0.15) is 38.7 Å². The van der Waals surface area contributed by atoms with Gasteiger partial charge in [0, 0.05) is 35.4 Å². The molecule has 0 amide bonds. The fourth-order valence-electron chi connectivity index (χ4n) is 3.35. The van der Waals surface area contributed by atoms with Crippen molar-refractivity contribution in [1.29, 1.82) is 0 Å². The zero-order valence-corrected chi connectivity index (χ0v) is 16.6. The van der Waals surface area contributed by atoms with Crippen LogP contribution in [-0.4, -0.2) is 42.1 Å². The van der Waals surface area contributed by atoms with Gasteiger partial charge in [-0.25, -0.2) is 4.79 Å². The number of ether oxygens (including phenoxy) is 2. The van der Waals surface area contributed by atoms with E-state index in [1.807, 2.05) is 0 Å². The number of nitro groups is 1. The summed E-state index contributed by atoms with van der Waals surface area (Å²) >= 11 is 0. The van der Waals surface area contributed by atoms with Crippen LogP contribution in [0.2, 0.25) is 0 Å². The zero-order chi connectivity index (χ0) is 21.7. The summed E-state index contributed by atoms with van der Waals surface area (Å²) in [6.07, 6.45) is 0.0386. The summed E-state index contributed by atoms with van der Waals surface area (Å²) in [6, 6.07) is 5.89. The number of hydrogen-bond acceptors (Lipinski definition) is 8. The lowest BCUT2D eigenvalue weighted by atomic mass is 9.75. The number of hydrogen-bond donors (Lipinski definition) is 0. The molecule has 1 aromatic rings. The quantitative estimate of drug-likeness (QED) is 0.390. The van der Waals surface area contributed by atoms with Crippen molar-refractivity contribution in [2.24, 2.45) is 10.9 Å². The van der Waals surface area contributed by atoms with Crippen molar-refractivity contribution in [2.45, 2.75) is 33.1 Å². The Morgan fingerprint density at radius 3 is 2.45 bits per heavy atom. The Balaban J connectivity index is 2.62. The van der Waals surface area contributed by atoms with Crippen LogP contribution in [0.3, 0.4) is 0 Å². The minimum atomic E-state index is -1.03. The molecule has 1 aliphatic rings. The Morgan fingerprint density at radius 2 is 1.86 bits per heavy atom. The first-order valence-electron chi connectivity index (χ1n) is 8.92. The highest BCUT2D eigenvalue weighted by Gasteiger charge is 2.44. The second-order valence-electron chi connectivity index (χ2n) is 6.63. The molecule has 0 N–H and O–H groups in total. The number of methoxy groups -OCH3 is 1. The lowest BCUT2D eigenvalue weighted by molar-refractivity contribution is -0.385. The van der Waals surface area contributed by atoms with Gasteiger partial charge in [-0.1, -0.05) is 18.2 Å². The largest absolute Gasteiger partial charge is 0.468 e. The fraction of sp³-hybridized carbons (Fsp3) is 0.400. The molecule has 0 fully saturated rings. The molecule has 0 aliphatic carbocycles. The number of allylic oxidation sites excluding steroid dienone is 1. The number of carbonyl (C=O) groups excluding carboxylic acids is 3. The van der Waals surface area contributed by atoms with Crippen LogP contribution in [0.25, 0.3) is 0 Å². The van der Waals surface area contributed by atoms with Gasteiger partial charge < -0.3 is 9.47 Å². The van der Waals surface area contributed by atoms with Gasteiger partial charge in [-0.15, -0.1) is 0 Å². The Labute approximate surface area is 167 Å². The maximum absolute atomic E-state index is 12.8. The monoisotopic (exact) mass is 402 g/mol. The van der Waals surface area contributed by atoms with Crippen LogP contribution in [0.15, 0.2) is 40.5 Å². The van der Waals surface area contributed by atoms with Crippen molar-refractivity contribution < 1.29 is 28.8 Å². The van der Waals surface area contributed by atoms with E-state index >= 15 is 0 Å². The third-order valence-corrected chi connectivity index (χ3v) is 4.66. The van der Waals surface area contributed by atoms with Gasteiger partial charge in [-0.3, -0.25) is 24.7 Å². The van der Waals surface area contributed by atoms with E-state index in [4.69, 9.17) is 9.47 Å². The number of nitrogens with zero attached hydrogens (tertiary/aromatic N) is 2. The average molecular weight is 402 g/mol. The number of esters is 2. The van der Waals surface area contributed by atoms with Gasteiger partial charge in [0.15, 0.2) is 0 Å². The molecular formula is C20H22N2O7. The molecule has 1 heterocycles. The molecule has 9 nitrogen and oxygen atoms in total.